The maximum absolute atomic E-state index is 9.78. The van der Waals surface area contributed by atoms with E-state index in [1.165, 1.54) is 6.07 Å². The van der Waals surface area contributed by atoms with Crippen molar-refractivity contribution in [2.75, 3.05) is 6.61 Å². The molecule has 0 bridgehead atoms. The molecule has 0 spiro atoms. The first-order valence-corrected chi connectivity index (χ1v) is 6.13. The molecule has 106 valence electrons. The minimum Gasteiger partial charge on any atom is -0.462 e. The monoisotopic (exact) mass is 290 g/mol. The molecule has 1 aromatic carbocycles. The van der Waals surface area contributed by atoms with E-state index in [0.717, 1.165) is 0 Å². The highest BCUT2D eigenvalue weighted by atomic mass is 35.5. The summed E-state index contributed by atoms with van der Waals surface area (Å²) in [5.41, 5.74) is 0. The van der Waals surface area contributed by atoms with Crippen molar-refractivity contribution in [3.8, 4) is 5.75 Å². The number of halogens is 1. The Kier molecular flexibility index (Phi) is 4.62. The van der Waals surface area contributed by atoms with E-state index in [1.54, 1.807) is 18.2 Å². The molecule has 5 atom stereocenters. The molecule has 0 unspecified atom stereocenters. The quantitative estimate of drug-likeness (QED) is 0.600. The average molecular weight is 291 g/mol. The summed E-state index contributed by atoms with van der Waals surface area (Å²) in [6, 6.07) is 6.43. The summed E-state index contributed by atoms with van der Waals surface area (Å²) >= 11 is 5.79. The fourth-order valence-corrected chi connectivity index (χ4v) is 2.02. The van der Waals surface area contributed by atoms with Crippen molar-refractivity contribution in [1.29, 1.82) is 0 Å². The van der Waals surface area contributed by atoms with Crippen LogP contribution in [0.4, 0.5) is 0 Å². The Morgan fingerprint density at radius 2 is 1.89 bits per heavy atom. The number of ether oxygens (including phenoxy) is 2. The largest absolute Gasteiger partial charge is 0.462 e. The van der Waals surface area contributed by atoms with Crippen molar-refractivity contribution < 1.29 is 29.9 Å². The molecule has 1 heterocycles. The molecule has 0 saturated carbocycles. The number of rotatable bonds is 3. The Balaban J connectivity index is 2.10. The second-order valence-electron chi connectivity index (χ2n) is 4.27. The van der Waals surface area contributed by atoms with E-state index in [0.29, 0.717) is 10.8 Å². The maximum Gasteiger partial charge on any atom is 0.229 e. The van der Waals surface area contributed by atoms with Crippen LogP contribution in [0.25, 0.3) is 0 Å². The van der Waals surface area contributed by atoms with E-state index in [-0.39, 0.29) is 0 Å². The highest BCUT2D eigenvalue weighted by Crippen LogP contribution is 2.25. The van der Waals surface area contributed by atoms with Gasteiger partial charge in [0.2, 0.25) is 6.29 Å². The van der Waals surface area contributed by atoms with Crippen molar-refractivity contribution >= 4 is 11.6 Å². The molecular formula is C12H15ClO6. The zero-order valence-corrected chi connectivity index (χ0v) is 10.6. The van der Waals surface area contributed by atoms with Crippen molar-refractivity contribution in [3.63, 3.8) is 0 Å². The Hall–Kier alpha value is -0.890. The van der Waals surface area contributed by atoms with Crippen molar-refractivity contribution in [1.82, 2.24) is 0 Å². The average Bonchev–Trinajstić information content (AvgIpc) is 2.39. The molecule has 0 radical (unpaired) electrons. The second kappa shape index (κ2) is 6.04. The van der Waals surface area contributed by atoms with E-state index in [4.69, 9.17) is 26.2 Å². The minimum atomic E-state index is -1.46. The summed E-state index contributed by atoms with van der Waals surface area (Å²) in [7, 11) is 0. The number of hydrogen-bond donors (Lipinski definition) is 4. The first-order valence-electron chi connectivity index (χ1n) is 5.75. The van der Waals surface area contributed by atoms with E-state index in [2.05, 4.69) is 0 Å². The molecule has 1 aliphatic heterocycles. The van der Waals surface area contributed by atoms with Gasteiger partial charge in [0.15, 0.2) is 0 Å². The Morgan fingerprint density at radius 1 is 1.16 bits per heavy atom. The summed E-state index contributed by atoms with van der Waals surface area (Å²) in [6.07, 6.45) is -6.50. The lowest BCUT2D eigenvalue weighted by molar-refractivity contribution is -0.277. The third-order valence-electron chi connectivity index (χ3n) is 2.90. The van der Waals surface area contributed by atoms with Crippen LogP contribution in [0.5, 0.6) is 5.75 Å². The fourth-order valence-electron chi connectivity index (χ4n) is 1.84. The van der Waals surface area contributed by atoms with Gasteiger partial charge in [-0.05, 0) is 18.2 Å². The SMILES string of the molecule is OC[C@@H]1O[C@@H](Oc2cccc(Cl)c2)[C@H](O)[C@H](O)[C@H]1O. The van der Waals surface area contributed by atoms with Crippen LogP contribution < -0.4 is 4.74 Å². The van der Waals surface area contributed by atoms with E-state index < -0.39 is 37.3 Å². The highest BCUT2D eigenvalue weighted by Gasteiger charge is 2.44. The summed E-state index contributed by atoms with van der Waals surface area (Å²) in [4.78, 5) is 0. The van der Waals surface area contributed by atoms with Gasteiger partial charge in [-0.2, -0.15) is 0 Å². The van der Waals surface area contributed by atoms with Gasteiger partial charge in [0, 0.05) is 5.02 Å². The van der Waals surface area contributed by atoms with Crippen LogP contribution in [0.15, 0.2) is 24.3 Å². The topological polar surface area (TPSA) is 99.4 Å². The zero-order valence-electron chi connectivity index (χ0n) is 9.89. The molecule has 1 aromatic rings. The highest BCUT2D eigenvalue weighted by molar-refractivity contribution is 6.30. The van der Waals surface area contributed by atoms with Crippen LogP contribution in [-0.2, 0) is 4.74 Å². The van der Waals surface area contributed by atoms with Gasteiger partial charge in [0.1, 0.15) is 30.2 Å². The van der Waals surface area contributed by atoms with E-state index in [9.17, 15) is 15.3 Å². The van der Waals surface area contributed by atoms with Gasteiger partial charge < -0.3 is 29.9 Å². The Labute approximate surface area is 114 Å². The molecule has 1 saturated heterocycles. The first-order chi connectivity index (χ1) is 9.02. The number of aliphatic hydroxyl groups excluding tert-OH is 4. The van der Waals surface area contributed by atoms with E-state index in [1.807, 2.05) is 0 Å². The van der Waals surface area contributed by atoms with Crippen molar-refractivity contribution in [2.45, 2.75) is 30.7 Å². The van der Waals surface area contributed by atoms with Crippen molar-refractivity contribution in [3.05, 3.63) is 29.3 Å². The predicted molar refractivity (Wildman–Crippen MR) is 65.8 cm³/mol. The van der Waals surface area contributed by atoms with Crippen LogP contribution in [0.3, 0.4) is 0 Å². The molecule has 0 aliphatic carbocycles. The molecule has 4 N–H and O–H groups in total. The number of aliphatic hydroxyl groups is 4. The summed E-state index contributed by atoms with van der Waals surface area (Å²) in [6.45, 7) is -0.500. The molecule has 1 fully saturated rings. The molecule has 0 aromatic heterocycles. The van der Waals surface area contributed by atoms with Gasteiger partial charge in [-0.25, -0.2) is 0 Å². The second-order valence-corrected chi connectivity index (χ2v) is 4.71. The van der Waals surface area contributed by atoms with Gasteiger partial charge in [0.25, 0.3) is 0 Å². The van der Waals surface area contributed by atoms with Crippen molar-refractivity contribution in [2.24, 2.45) is 0 Å². The molecule has 19 heavy (non-hydrogen) atoms. The predicted octanol–water partition coefficient (Wildman–Crippen LogP) is -0.481. The molecular weight excluding hydrogens is 276 g/mol. The number of hydrogen-bond acceptors (Lipinski definition) is 6. The Bertz CT molecular complexity index is 426. The van der Waals surface area contributed by atoms with Crippen LogP contribution in [-0.4, -0.2) is 57.7 Å². The summed E-state index contributed by atoms with van der Waals surface area (Å²) in [5, 5.41) is 38.5. The van der Waals surface area contributed by atoms with Gasteiger partial charge in [-0.1, -0.05) is 17.7 Å². The summed E-state index contributed by atoms with van der Waals surface area (Å²) in [5.74, 6) is 0.344. The normalized spacial score (nSPS) is 35.1. The minimum absolute atomic E-state index is 0.344. The standard InChI is InChI=1S/C12H15ClO6/c13-6-2-1-3-7(4-6)18-12-11(17)10(16)9(15)8(5-14)19-12/h1-4,8-12,14-17H,5H2/t8-,9-,10+,11+,12+/m0/s1. The van der Waals surface area contributed by atoms with Gasteiger partial charge >= 0.3 is 0 Å². The third-order valence-corrected chi connectivity index (χ3v) is 3.13. The molecule has 7 heteroatoms. The van der Waals surface area contributed by atoms with Crippen LogP contribution >= 0.6 is 11.6 Å². The third kappa shape index (κ3) is 3.17. The fraction of sp³-hybridized carbons (Fsp3) is 0.500. The van der Waals surface area contributed by atoms with E-state index >= 15 is 0 Å². The molecule has 6 nitrogen and oxygen atoms in total. The molecule has 1 aliphatic rings. The van der Waals surface area contributed by atoms with Gasteiger partial charge in [0.05, 0.1) is 6.61 Å². The molecule has 0 amide bonds. The smallest absolute Gasteiger partial charge is 0.229 e. The van der Waals surface area contributed by atoms with Crippen LogP contribution in [0, 0.1) is 0 Å². The Morgan fingerprint density at radius 3 is 2.53 bits per heavy atom. The van der Waals surface area contributed by atoms with Gasteiger partial charge in [-0.3, -0.25) is 0 Å². The van der Waals surface area contributed by atoms with Gasteiger partial charge in [-0.15, -0.1) is 0 Å². The zero-order chi connectivity index (χ0) is 14.0. The summed E-state index contributed by atoms with van der Waals surface area (Å²) < 4.78 is 10.6. The lowest BCUT2D eigenvalue weighted by Crippen LogP contribution is -2.60. The maximum atomic E-state index is 9.78. The van der Waals surface area contributed by atoms with Crippen LogP contribution in [0.2, 0.25) is 5.02 Å². The molecule has 2 rings (SSSR count). The lowest BCUT2D eigenvalue weighted by atomic mass is 9.99. The lowest BCUT2D eigenvalue weighted by Gasteiger charge is -2.39. The first kappa shape index (κ1) is 14.5. The number of benzene rings is 1. The van der Waals surface area contributed by atoms with Crippen LogP contribution in [0.1, 0.15) is 0 Å².